The molecule has 0 spiro atoms. The van der Waals surface area contributed by atoms with Crippen molar-refractivity contribution in [2.75, 3.05) is 12.5 Å². The van der Waals surface area contributed by atoms with E-state index in [-0.39, 0.29) is 0 Å². The number of thioether (sulfide) groups is 2. The van der Waals surface area contributed by atoms with Crippen molar-refractivity contribution in [3.63, 3.8) is 0 Å². The Morgan fingerprint density at radius 3 is 1.39 bits per heavy atom. The summed E-state index contributed by atoms with van der Waals surface area (Å²) in [6, 6.07) is 13.4. The van der Waals surface area contributed by atoms with E-state index in [1.165, 1.54) is 32.0 Å². The van der Waals surface area contributed by atoms with Crippen molar-refractivity contribution in [2.45, 2.75) is 23.6 Å². The third-order valence-corrected chi connectivity index (χ3v) is 4.91. The van der Waals surface area contributed by atoms with E-state index in [0.29, 0.717) is 0 Å². The maximum atomic E-state index is 2.29. The van der Waals surface area contributed by atoms with Crippen molar-refractivity contribution in [2.24, 2.45) is 0 Å². The van der Waals surface area contributed by atoms with Gasteiger partial charge in [0.25, 0.3) is 0 Å². The lowest BCUT2D eigenvalue weighted by Crippen LogP contribution is -1.85. The van der Waals surface area contributed by atoms with E-state index in [1.807, 2.05) is 23.5 Å². The van der Waals surface area contributed by atoms with Crippen LogP contribution in [0.5, 0.6) is 0 Å². The molecule has 2 heteroatoms. The van der Waals surface area contributed by atoms with Gasteiger partial charge in [0.2, 0.25) is 0 Å². The van der Waals surface area contributed by atoms with Gasteiger partial charge in [-0.15, -0.1) is 23.5 Å². The van der Waals surface area contributed by atoms with Crippen LogP contribution in [0, 0.1) is 13.8 Å². The van der Waals surface area contributed by atoms with E-state index in [9.17, 15) is 0 Å². The second-order valence-electron chi connectivity index (χ2n) is 4.37. The highest BCUT2D eigenvalue weighted by Gasteiger charge is 2.04. The minimum Gasteiger partial charge on any atom is -0.129 e. The molecule has 18 heavy (non-hydrogen) atoms. The molecule has 0 saturated heterocycles. The molecule has 0 aromatic heterocycles. The monoisotopic (exact) mass is 274 g/mol. The lowest BCUT2D eigenvalue weighted by atomic mass is 10.0. The third kappa shape index (κ3) is 2.76. The summed E-state index contributed by atoms with van der Waals surface area (Å²) >= 11 is 3.62. The second-order valence-corrected chi connectivity index (χ2v) is 6.06. The molecule has 0 amide bonds. The molecule has 0 fully saturated rings. The first kappa shape index (κ1) is 13.6. The molecular formula is C16H18S2. The van der Waals surface area contributed by atoms with Crippen LogP contribution in [0.25, 0.3) is 11.1 Å². The van der Waals surface area contributed by atoms with Crippen LogP contribution in [-0.4, -0.2) is 12.5 Å². The zero-order chi connectivity index (χ0) is 13.1. The highest BCUT2D eigenvalue weighted by atomic mass is 32.2. The van der Waals surface area contributed by atoms with Gasteiger partial charge in [0.1, 0.15) is 0 Å². The Morgan fingerprint density at radius 2 is 1.06 bits per heavy atom. The van der Waals surface area contributed by atoms with Crippen molar-refractivity contribution >= 4 is 23.5 Å². The first-order chi connectivity index (χ1) is 8.65. The molecule has 0 aliphatic carbocycles. The van der Waals surface area contributed by atoms with Gasteiger partial charge in [-0.3, -0.25) is 0 Å². The topological polar surface area (TPSA) is 0 Å². The Labute approximate surface area is 118 Å². The zero-order valence-corrected chi connectivity index (χ0v) is 12.9. The van der Waals surface area contributed by atoms with Crippen molar-refractivity contribution in [3.05, 3.63) is 47.5 Å². The van der Waals surface area contributed by atoms with Crippen LogP contribution < -0.4 is 0 Å². The fraction of sp³-hybridized carbons (Fsp3) is 0.250. The minimum absolute atomic E-state index is 1.31. The predicted octanol–water partition coefficient (Wildman–Crippen LogP) is 5.41. The fourth-order valence-corrected chi connectivity index (χ4v) is 3.27. The Kier molecular flexibility index (Phi) is 4.41. The SMILES string of the molecule is CSc1cc(-c2ccc(C)c(SC)c2)ccc1C. The molecule has 0 N–H and O–H groups in total. The summed E-state index contributed by atoms with van der Waals surface area (Å²) in [5.74, 6) is 0. The van der Waals surface area contributed by atoms with Gasteiger partial charge in [-0.2, -0.15) is 0 Å². The summed E-state index contributed by atoms with van der Waals surface area (Å²) in [5, 5.41) is 0. The summed E-state index contributed by atoms with van der Waals surface area (Å²) in [6.07, 6.45) is 4.27. The Hall–Kier alpha value is -0.860. The summed E-state index contributed by atoms with van der Waals surface area (Å²) in [6.45, 7) is 4.33. The molecule has 2 aromatic rings. The van der Waals surface area contributed by atoms with Crippen LogP contribution >= 0.6 is 23.5 Å². The van der Waals surface area contributed by atoms with E-state index in [0.717, 1.165) is 0 Å². The quantitative estimate of drug-likeness (QED) is 0.686. The molecule has 94 valence electrons. The number of aryl methyl sites for hydroxylation is 2. The van der Waals surface area contributed by atoms with E-state index >= 15 is 0 Å². The molecule has 0 nitrogen and oxygen atoms in total. The van der Waals surface area contributed by atoms with E-state index in [2.05, 4.69) is 62.8 Å². The van der Waals surface area contributed by atoms with Gasteiger partial charge >= 0.3 is 0 Å². The second kappa shape index (κ2) is 5.85. The number of hydrogen-bond donors (Lipinski definition) is 0. The number of hydrogen-bond acceptors (Lipinski definition) is 2. The smallest absolute Gasteiger partial charge is 0.0104 e. The van der Waals surface area contributed by atoms with E-state index < -0.39 is 0 Å². The Balaban J connectivity index is 2.48. The molecule has 0 aliphatic rings. The molecule has 0 unspecified atom stereocenters. The van der Waals surface area contributed by atoms with Crippen molar-refractivity contribution in [3.8, 4) is 11.1 Å². The molecule has 0 saturated carbocycles. The summed E-state index contributed by atoms with van der Waals surface area (Å²) < 4.78 is 0. The average molecular weight is 274 g/mol. The Morgan fingerprint density at radius 1 is 0.667 bits per heavy atom. The van der Waals surface area contributed by atoms with Gasteiger partial charge in [0, 0.05) is 9.79 Å². The number of rotatable bonds is 3. The molecule has 0 radical (unpaired) electrons. The molecule has 2 aromatic carbocycles. The van der Waals surface area contributed by atoms with Gasteiger partial charge in [0.05, 0.1) is 0 Å². The first-order valence-corrected chi connectivity index (χ1v) is 8.40. The summed E-state index contributed by atoms with van der Waals surface area (Å²) in [7, 11) is 0. The average Bonchev–Trinajstić information content (AvgIpc) is 2.40. The normalized spacial score (nSPS) is 10.7. The third-order valence-electron chi connectivity index (χ3n) is 3.15. The summed E-state index contributed by atoms with van der Waals surface area (Å²) in [4.78, 5) is 2.72. The lowest BCUT2D eigenvalue weighted by Gasteiger charge is -2.09. The highest BCUT2D eigenvalue weighted by molar-refractivity contribution is 7.98. The molecule has 0 bridgehead atoms. The van der Waals surface area contributed by atoms with Crippen molar-refractivity contribution in [1.82, 2.24) is 0 Å². The number of benzene rings is 2. The first-order valence-electron chi connectivity index (χ1n) is 5.95. The van der Waals surface area contributed by atoms with Gasteiger partial charge in [-0.05, 0) is 60.7 Å². The zero-order valence-electron chi connectivity index (χ0n) is 11.3. The molecular weight excluding hydrogens is 256 g/mol. The van der Waals surface area contributed by atoms with Crippen molar-refractivity contribution < 1.29 is 0 Å². The molecule has 0 aliphatic heterocycles. The van der Waals surface area contributed by atoms with Crippen LogP contribution in [-0.2, 0) is 0 Å². The van der Waals surface area contributed by atoms with Crippen LogP contribution in [0.15, 0.2) is 46.2 Å². The maximum Gasteiger partial charge on any atom is 0.0104 e. The highest BCUT2D eigenvalue weighted by Crippen LogP contribution is 2.30. The van der Waals surface area contributed by atoms with Gasteiger partial charge in [0.15, 0.2) is 0 Å². The van der Waals surface area contributed by atoms with Crippen molar-refractivity contribution in [1.29, 1.82) is 0 Å². The van der Waals surface area contributed by atoms with Gasteiger partial charge in [-0.1, -0.05) is 24.3 Å². The Bertz CT molecular complexity index is 508. The van der Waals surface area contributed by atoms with Crippen LogP contribution in [0.1, 0.15) is 11.1 Å². The maximum absolute atomic E-state index is 2.29. The molecule has 2 rings (SSSR count). The van der Waals surface area contributed by atoms with E-state index in [4.69, 9.17) is 0 Å². The van der Waals surface area contributed by atoms with Gasteiger partial charge < -0.3 is 0 Å². The lowest BCUT2D eigenvalue weighted by molar-refractivity contribution is 1.28. The van der Waals surface area contributed by atoms with Crippen LogP contribution in [0.4, 0.5) is 0 Å². The largest absolute Gasteiger partial charge is 0.129 e. The molecule has 0 atom stereocenters. The van der Waals surface area contributed by atoms with Crippen LogP contribution in [0.3, 0.4) is 0 Å². The molecule has 0 heterocycles. The van der Waals surface area contributed by atoms with E-state index in [1.54, 1.807) is 0 Å². The standard InChI is InChI=1S/C16H18S2/c1-11-5-7-13(9-15(11)17-3)14-8-6-12(2)16(10-14)18-4/h5-10H,1-4H3. The van der Waals surface area contributed by atoms with Gasteiger partial charge in [-0.25, -0.2) is 0 Å². The summed E-state index contributed by atoms with van der Waals surface area (Å²) in [5.41, 5.74) is 5.31. The predicted molar refractivity (Wildman–Crippen MR) is 84.9 cm³/mol. The fourth-order valence-electron chi connectivity index (χ4n) is 2.00. The van der Waals surface area contributed by atoms with Crippen LogP contribution in [0.2, 0.25) is 0 Å². The minimum atomic E-state index is 1.31.